The van der Waals surface area contributed by atoms with Gasteiger partial charge in [-0.25, -0.2) is 0 Å². The van der Waals surface area contributed by atoms with E-state index in [1.807, 2.05) is 27.2 Å². The van der Waals surface area contributed by atoms with Crippen LogP contribution >= 0.6 is 7.82 Å². The van der Waals surface area contributed by atoms with Gasteiger partial charge in [-0.1, -0.05) is 121 Å². The Morgan fingerprint density at radius 2 is 1.27 bits per heavy atom. The average Bonchev–Trinajstić information content (AvgIpc) is 2.95. The number of phosphoric ester groups is 1. The molecule has 3 atom stereocenters. The van der Waals surface area contributed by atoms with Crippen molar-refractivity contribution >= 4 is 13.7 Å². The van der Waals surface area contributed by atoms with Crippen LogP contribution in [0, 0.1) is 0 Å². The highest BCUT2D eigenvalue weighted by Crippen LogP contribution is 2.38. The molecule has 0 aromatic rings. The maximum atomic E-state index is 12.7. The van der Waals surface area contributed by atoms with E-state index in [4.69, 9.17) is 9.05 Å². The number of likely N-dealkylation sites (N-methyl/N-ethyl adjacent to an activating group) is 1. The number of phosphoric acid groups is 1. The Kier molecular flexibility index (Phi) is 27.2. The van der Waals surface area contributed by atoms with E-state index in [1.54, 1.807) is 6.08 Å². The van der Waals surface area contributed by atoms with Crippen molar-refractivity contribution in [2.45, 2.75) is 142 Å². The van der Waals surface area contributed by atoms with Crippen LogP contribution in [0.4, 0.5) is 0 Å². The van der Waals surface area contributed by atoms with E-state index in [0.29, 0.717) is 17.4 Å². The van der Waals surface area contributed by atoms with Crippen LogP contribution in [0.15, 0.2) is 36.5 Å². The number of rotatable bonds is 30. The zero-order valence-electron chi connectivity index (χ0n) is 28.9. The Hall–Kier alpha value is -1.28. The van der Waals surface area contributed by atoms with Gasteiger partial charge in [0.05, 0.1) is 39.9 Å². The lowest BCUT2D eigenvalue weighted by Gasteiger charge is -2.29. The smallest absolute Gasteiger partial charge is 0.268 e. The standard InChI is InChI=1S/C35H67N2O6P/c1-6-8-10-12-14-16-18-19-20-22-24-26-28-34(38)33(32-43-44(40,41)42-31-30-37(3,4)5)36-35(39)29-27-25-23-21-17-15-13-11-9-7-2/h12,14,19-20,26,28,33-34,38H,6-11,13,15-18,21-25,27,29-32H2,1-5H3,(H-,36,39,40,41)/b14-12+,20-19+,28-26+. The Morgan fingerprint density at radius 3 is 1.82 bits per heavy atom. The molecule has 2 N–H and O–H groups in total. The molecule has 0 aromatic heterocycles. The van der Waals surface area contributed by atoms with Crippen molar-refractivity contribution in [3.63, 3.8) is 0 Å². The van der Waals surface area contributed by atoms with Crippen molar-refractivity contribution in [2.75, 3.05) is 40.9 Å². The summed E-state index contributed by atoms with van der Waals surface area (Å²) in [6.45, 7) is 4.51. The first kappa shape index (κ1) is 42.7. The molecule has 0 fully saturated rings. The van der Waals surface area contributed by atoms with Gasteiger partial charge in [0.25, 0.3) is 7.82 Å². The van der Waals surface area contributed by atoms with Crippen LogP contribution in [0.3, 0.4) is 0 Å². The maximum Gasteiger partial charge on any atom is 0.268 e. The average molecular weight is 643 g/mol. The number of unbranched alkanes of at least 4 members (excludes halogenated alkanes) is 13. The summed E-state index contributed by atoms with van der Waals surface area (Å²) in [6, 6.07) is -0.902. The first-order chi connectivity index (χ1) is 21.0. The fourth-order valence-electron chi connectivity index (χ4n) is 4.46. The second-order valence-corrected chi connectivity index (χ2v) is 14.3. The van der Waals surface area contributed by atoms with E-state index >= 15 is 0 Å². The minimum atomic E-state index is -4.58. The molecule has 0 radical (unpaired) electrons. The normalized spacial score (nSPS) is 15.3. The van der Waals surface area contributed by atoms with Gasteiger partial charge >= 0.3 is 0 Å². The molecular weight excluding hydrogens is 575 g/mol. The molecule has 0 spiro atoms. The van der Waals surface area contributed by atoms with Crippen LogP contribution in [0.1, 0.15) is 129 Å². The lowest BCUT2D eigenvalue weighted by Crippen LogP contribution is -2.45. The summed E-state index contributed by atoms with van der Waals surface area (Å²) < 4.78 is 23.0. The summed E-state index contributed by atoms with van der Waals surface area (Å²) in [5, 5.41) is 13.6. The summed E-state index contributed by atoms with van der Waals surface area (Å²) in [6.07, 6.45) is 30.5. The first-order valence-corrected chi connectivity index (χ1v) is 18.8. The van der Waals surface area contributed by atoms with E-state index in [0.717, 1.165) is 51.4 Å². The molecule has 0 saturated carbocycles. The van der Waals surface area contributed by atoms with Gasteiger partial charge in [0.2, 0.25) is 5.91 Å². The number of nitrogens with zero attached hydrogens (tertiary/aromatic N) is 1. The van der Waals surface area contributed by atoms with E-state index in [-0.39, 0.29) is 12.5 Å². The number of nitrogens with one attached hydrogen (secondary N) is 1. The van der Waals surface area contributed by atoms with Crippen LogP contribution in [0.25, 0.3) is 0 Å². The molecule has 258 valence electrons. The highest BCUT2D eigenvalue weighted by Gasteiger charge is 2.23. The molecule has 0 bridgehead atoms. The Morgan fingerprint density at radius 1 is 0.773 bits per heavy atom. The van der Waals surface area contributed by atoms with E-state index in [2.05, 4.69) is 43.5 Å². The Bertz CT molecular complexity index is 825. The number of quaternary nitrogens is 1. The Balaban J connectivity index is 4.70. The quantitative estimate of drug-likeness (QED) is 0.0359. The summed E-state index contributed by atoms with van der Waals surface area (Å²) in [4.78, 5) is 25.0. The molecule has 3 unspecified atom stereocenters. The summed E-state index contributed by atoms with van der Waals surface area (Å²) in [5.74, 6) is -0.219. The van der Waals surface area contributed by atoms with Gasteiger partial charge in [0.1, 0.15) is 13.2 Å². The summed E-state index contributed by atoms with van der Waals surface area (Å²) in [7, 11) is 1.23. The largest absolute Gasteiger partial charge is 0.756 e. The van der Waals surface area contributed by atoms with Crippen molar-refractivity contribution in [3.05, 3.63) is 36.5 Å². The van der Waals surface area contributed by atoms with Crippen LogP contribution in [-0.2, 0) is 18.4 Å². The molecule has 0 aliphatic rings. The highest BCUT2D eigenvalue weighted by atomic mass is 31.2. The van der Waals surface area contributed by atoms with Crippen molar-refractivity contribution in [3.8, 4) is 0 Å². The lowest BCUT2D eigenvalue weighted by molar-refractivity contribution is -0.870. The fraction of sp³-hybridized carbons (Fsp3) is 0.800. The van der Waals surface area contributed by atoms with Crippen molar-refractivity contribution in [2.24, 2.45) is 0 Å². The van der Waals surface area contributed by atoms with Crippen LogP contribution in [0.5, 0.6) is 0 Å². The minimum absolute atomic E-state index is 0.00877. The predicted octanol–water partition coefficient (Wildman–Crippen LogP) is 7.77. The van der Waals surface area contributed by atoms with Crippen LogP contribution in [0.2, 0.25) is 0 Å². The molecule has 1 amide bonds. The summed E-state index contributed by atoms with van der Waals surface area (Å²) in [5.41, 5.74) is 0. The maximum absolute atomic E-state index is 12.7. The molecule has 0 heterocycles. The molecule has 0 aliphatic heterocycles. The molecule has 0 aliphatic carbocycles. The van der Waals surface area contributed by atoms with Gasteiger partial charge in [-0.3, -0.25) is 9.36 Å². The number of carbonyl (C=O) groups excluding carboxylic acids is 1. The molecule has 44 heavy (non-hydrogen) atoms. The third-order valence-corrected chi connectivity index (χ3v) is 8.29. The number of carbonyl (C=O) groups is 1. The van der Waals surface area contributed by atoms with E-state index in [9.17, 15) is 19.4 Å². The number of allylic oxidation sites excluding steroid dienone is 5. The predicted molar refractivity (Wildman–Crippen MR) is 182 cm³/mol. The molecule has 0 aromatic carbocycles. The number of amides is 1. The van der Waals surface area contributed by atoms with Gasteiger partial charge in [-0.05, 0) is 38.5 Å². The van der Waals surface area contributed by atoms with Gasteiger partial charge in [0, 0.05) is 6.42 Å². The molecule has 8 nitrogen and oxygen atoms in total. The highest BCUT2D eigenvalue weighted by molar-refractivity contribution is 7.45. The number of hydrogen-bond donors (Lipinski definition) is 2. The number of aliphatic hydroxyl groups is 1. The van der Waals surface area contributed by atoms with E-state index in [1.165, 1.54) is 57.8 Å². The van der Waals surface area contributed by atoms with Crippen molar-refractivity contribution < 1.29 is 32.9 Å². The SMILES string of the molecule is CCCC/C=C/CC/C=C/CC/C=C/C(O)C(COP(=O)([O-])OCC[N+](C)(C)C)NC(=O)CCCCCCCCCCCC. The minimum Gasteiger partial charge on any atom is -0.756 e. The molecule has 9 heteroatoms. The summed E-state index contributed by atoms with van der Waals surface area (Å²) >= 11 is 0. The van der Waals surface area contributed by atoms with Gasteiger partial charge in [0.15, 0.2) is 0 Å². The van der Waals surface area contributed by atoms with E-state index < -0.39 is 26.6 Å². The topological polar surface area (TPSA) is 108 Å². The van der Waals surface area contributed by atoms with Gasteiger partial charge < -0.3 is 28.8 Å². The van der Waals surface area contributed by atoms with Crippen molar-refractivity contribution in [1.29, 1.82) is 0 Å². The number of hydrogen-bond acceptors (Lipinski definition) is 6. The molecule has 0 saturated heterocycles. The van der Waals surface area contributed by atoms with Crippen LogP contribution in [-0.4, -0.2) is 68.5 Å². The lowest BCUT2D eigenvalue weighted by atomic mass is 10.1. The van der Waals surface area contributed by atoms with Gasteiger partial charge in [-0.2, -0.15) is 0 Å². The third kappa shape index (κ3) is 29.4. The fourth-order valence-corrected chi connectivity index (χ4v) is 5.18. The zero-order chi connectivity index (χ0) is 32.9. The Labute approximate surface area is 270 Å². The van der Waals surface area contributed by atoms with Crippen LogP contribution < -0.4 is 10.2 Å². The monoisotopic (exact) mass is 642 g/mol. The van der Waals surface area contributed by atoms with Gasteiger partial charge in [-0.15, -0.1) is 0 Å². The third-order valence-electron chi connectivity index (χ3n) is 7.33. The second kappa shape index (κ2) is 28.0. The molecule has 0 rings (SSSR count). The second-order valence-electron chi connectivity index (χ2n) is 12.9. The van der Waals surface area contributed by atoms with Crippen molar-refractivity contribution in [1.82, 2.24) is 5.32 Å². The molecular formula is C35H67N2O6P. The zero-order valence-corrected chi connectivity index (χ0v) is 29.7. The number of aliphatic hydroxyl groups excluding tert-OH is 1. The first-order valence-electron chi connectivity index (χ1n) is 17.4.